The molecule has 0 saturated carbocycles. The Bertz CT molecular complexity index is 1620. The first-order chi connectivity index (χ1) is 17.1. The highest BCUT2D eigenvalue weighted by Crippen LogP contribution is 2.27. The molecule has 1 N–H and O–H groups in total. The maximum Gasteiger partial charge on any atom is 0.266 e. The third-order valence-electron chi connectivity index (χ3n) is 6.09. The summed E-state index contributed by atoms with van der Waals surface area (Å²) in [7, 11) is 0. The largest absolute Gasteiger partial charge is 0.325 e. The first-order valence-electron chi connectivity index (χ1n) is 11.6. The molecule has 0 aliphatic rings. The summed E-state index contributed by atoms with van der Waals surface area (Å²) in [4.78, 5) is 31.4. The molecular formula is C29H25N3O2S. The number of aromatic nitrogens is 2. The Labute approximate surface area is 207 Å². The van der Waals surface area contributed by atoms with Crippen LogP contribution in [0.1, 0.15) is 18.1 Å². The molecule has 35 heavy (non-hydrogen) atoms. The third-order valence-corrected chi connectivity index (χ3v) is 7.03. The molecule has 0 radical (unpaired) electrons. The van der Waals surface area contributed by atoms with E-state index in [0.717, 1.165) is 39.7 Å². The van der Waals surface area contributed by atoms with Crippen molar-refractivity contribution in [2.24, 2.45) is 0 Å². The number of para-hydroxylation sites is 2. The average Bonchev–Trinajstić information content (AvgIpc) is 2.88. The van der Waals surface area contributed by atoms with E-state index in [1.54, 1.807) is 10.6 Å². The van der Waals surface area contributed by atoms with E-state index in [0.29, 0.717) is 16.1 Å². The van der Waals surface area contributed by atoms with E-state index < -0.39 is 0 Å². The van der Waals surface area contributed by atoms with Gasteiger partial charge in [0.2, 0.25) is 5.91 Å². The number of nitrogens with zero attached hydrogens (tertiary/aromatic N) is 2. The van der Waals surface area contributed by atoms with E-state index in [-0.39, 0.29) is 17.2 Å². The fraction of sp³-hybridized carbons (Fsp3) is 0.138. The molecule has 0 atom stereocenters. The van der Waals surface area contributed by atoms with E-state index in [1.807, 2.05) is 85.8 Å². The number of nitrogens with one attached hydrogen (secondary N) is 1. The SMILES string of the molecule is CCc1cccc(C)c1NC(=O)CSc1nc2ccccc2c(=O)n1-c1cccc2ccccc12. The van der Waals surface area contributed by atoms with Crippen molar-refractivity contribution in [3.8, 4) is 5.69 Å². The minimum Gasteiger partial charge on any atom is -0.325 e. The summed E-state index contributed by atoms with van der Waals surface area (Å²) in [5.74, 6) is -0.00147. The van der Waals surface area contributed by atoms with Crippen LogP contribution < -0.4 is 10.9 Å². The summed E-state index contributed by atoms with van der Waals surface area (Å²) in [5.41, 5.74) is 4.20. The Hall–Kier alpha value is -3.90. The van der Waals surface area contributed by atoms with Crippen molar-refractivity contribution >= 4 is 45.0 Å². The van der Waals surface area contributed by atoms with Crippen LogP contribution in [-0.2, 0) is 11.2 Å². The zero-order valence-corrected chi connectivity index (χ0v) is 20.4. The van der Waals surface area contributed by atoms with Gasteiger partial charge in [-0.25, -0.2) is 4.98 Å². The summed E-state index contributed by atoms with van der Waals surface area (Å²) in [5, 5.41) is 6.08. The van der Waals surface area contributed by atoms with Crippen molar-refractivity contribution in [1.82, 2.24) is 9.55 Å². The minimum absolute atomic E-state index is 0.132. The van der Waals surface area contributed by atoms with E-state index in [4.69, 9.17) is 4.98 Å². The van der Waals surface area contributed by atoms with Crippen LogP contribution >= 0.6 is 11.8 Å². The highest BCUT2D eigenvalue weighted by Gasteiger charge is 2.17. The summed E-state index contributed by atoms with van der Waals surface area (Å²) in [6.45, 7) is 4.06. The second-order valence-electron chi connectivity index (χ2n) is 8.35. The van der Waals surface area contributed by atoms with Crippen molar-refractivity contribution < 1.29 is 4.79 Å². The van der Waals surface area contributed by atoms with Crippen molar-refractivity contribution in [3.63, 3.8) is 0 Å². The molecule has 0 spiro atoms. The van der Waals surface area contributed by atoms with Gasteiger partial charge in [-0.15, -0.1) is 0 Å². The highest BCUT2D eigenvalue weighted by molar-refractivity contribution is 7.99. The van der Waals surface area contributed by atoms with Gasteiger partial charge in [-0.2, -0.15) is 0 Å². The van der Waals surface area contributed by atoms with Crippen LogP contribution in [0.5, 0.6) is 0 Å². The van der Waals surface area contributed by atoms with Crippen molar-refractivity contribution in [2.45, 2.75) is 25.4 Å². The van der Waals surface area contributed by atoms with Crippen LogP contribution in [0.15, 0.2) is 94.9 Å². The quantitative estimate of drug-likeness (QED) is 0.235. The predicted molar refractivity (Wildman–Crippen MR) is 145 cm³/mol. The lowest BCUT2D eigenvalue weighted by molar-refractivity contribution is -0.113. The van der Waals surface area contributed by atoms with Crippen LogP contribution in [0.3, 0.4) is 0 Å². The molecule has 6 heteroatoms. The minimum atomic E-state index is -0.151. The number of benzene rings is 4. The molecule has 174 valence electrons. The number of hydrogen-bond donors (Lipinski definition) is 1. The van der Waals surface area contributed by atoms with Crippen molar-refractivity contribution in [2.75, 3.05) is 11.1 Å². The van der Waals surface area contributed by atoms with Crippen LogP contribution in [0.25, 0.3) is 27.4 Å². The lowest BCUT2D eigenvalue weighted by Gasteiger charge is -2.16. The van der Waals surface area contributed by atoms with E-state index in [2.05, 4.69) is 12.2 Å². The van der Waals surface area contributed by atoms with Gasteiger partial charge in [0.25, 0.3) is 5.56 Å². The lowest BCUT2D eigenvalue weighted by Crippen LogP contribution is -2.23. The molecular weight excluding hydrogens is 454 g/mol. The van der Waals surface area contributed by atoms with Gasteiger partial charge in [-0.3, -0.25) is 14.2 Å². The fourth-order valence-electron chi connectivity index (χ4n) is 4.33. The standard InChI is InChI=1S/C29H25N3O2S/c1-3-20-12-8-10-19(2)27(20)31-26(33)18-35-29-30-24-16-7-6-15-23(24)28(34)32(29)25-17-9-13-21-11-4-5-14-22(21)25/h4-17H,3,18H2,1-2H3,(H,31,33). The number of carbonyl (C=O) groups is 1. The van der Waals surface area contributed by atoms with Gasteiger partial charge in [-0.05, 0) is 48.1 Å². The molecule has 5 aromatic rings. The topological polar surface area (TPSA) is 64.0 Å². The number of carbonyl (C=O) groups excluding carboxylic acids is 1. The molecule has 4 aromatic carbocycles. The van der Waals surface area contributed by atoms with Gasteiger partial charge < -0.3 is 5.32 Å². The zero-order valence-electron chi connectivity index (χ0n) is 19.6. The van der Waals surface area contributed by atoms with Crippen LogP contribution in [0.2, 0.25) is 0 Å². The molecule has 0 fully saturated rings. The molecule has 0 aliphatic carbocycles. The molecule has 0 aliphatic heterocycles. The molecule has 1 heterocycles. The number of amides is 1. The van der Waals surface area contributed by atoms with Crippen LogP contribution in [0.4, 0.5) is 5.69 Å². The monoisotopic (exact) mass is 479 g/mol. The molecule has 0 bridgehead atoms. The zero-order chi connectivity index (χ0) is 24.4. The first kappa shape index (κ1) is 22.9. The van der Waals surface area contributed by atoms with E-state index >= 15 is 0 Å². The predicted octanol–water partition coefficient (Wildman–Crippen LogP) is 6.14. The molecule has 0 unspecified atom stereocenters. The Kier molecular flexibility index (Phi) is 6.38. The average molecular weight is 480 g/mol. The van der Waals surface area contributed by atoms with Crippen molar-refractivity contribution in [1.29, 1.82) is 0 Å². The van der Waals surface area contributed by atoms with E-state index in [9.17, 15) is 9.59 Å². The maximum absolute atomic E-state index is 13.7. The van der Waals surface area contributed by atoms with E-state index in [1.165, 1.54) is 11.8 Å². The first-order valence-corrected chi connectivity index (χ1v) is 12.6. The van der Waals surface area contributed by atoms with Gasteiger partial charge in [-0.1, -0.05) is 85.4 Å². The van der Waals surface area contributed by atoms with Crippen LogP contribution in [0, 0.1) is 6.92 Å². The molecule has 5 rings (SSSR count). The van der Waals surface area contributed by atoms with Gasteiger partial charge in [0.05, 0.1) is 22.3 Å². The lowest BCUT2D eigenvalue weighted by atomic mass is 10.1. The summed E-state index contributed by atoms with van der Waals surface area (Å²) >= 11 is 1.27. The number of anilines is 1. The smallest absolute Gasteiger partial charge is 0.266 e. The molecule has 5 nitrogen and oxygen atoms in total. The molecule has 1 amide bonds. The number of fused-ring (bicyclic) bond motifs is 2. The Morgan fingerprint density at radius 1 is 0.914 bits per heavy atom. The summed E-state index contributed by atoms with van der Waals surface area (Å²) < 4.78 is 1.63. The Balaban J connectivity index is 1.55. The number of hydrogen-bond acceptors (Lipinski definition) is 4. The van der Waals surface area contributed by atoms with Gasteiger partial charge >= 0.3 is 0 Å². The fourth-order valence-corrected chi connectivity index (χ4v) is 5.14. The second kappa shape index (κ2) is 9.76. The molecule has 0 saturated heterocycles. The number of thioether (sulfide) groups is 1. The Morgan fingerprint density at radius 2 is 1.63 bits per heavy atom. The summed E-state index contributed by atoms with van der Waals surface area (Å²) in [6.07, 6.45) is 0.831. The van der Waals surface area contributed by atoms with Crippen molar-refractivity contribution in [3.05, 3.63) is 106 Å². The van der Waals surface area contributed by atoms with Crippen LogP contribution in [-0.4, -0.2) is 21.2 Å². The normalized spacial score (nSPS) is 11.1. The summed E-state index contributed by atoms with van der Waals surface area (Å²) in [6, 6.07) is 27.2. The number of aryl methyl sites for hydroxylation is 2. The van der Waals surface area contributed by atoms with Gasteiger partial charge in [0, 0.05) is 11.1 Å². The third kappa shape index (κ3) is 4.45. The van der Waals surface area contributed by atoms with Gasteiger partial charge in [0.15, 0.2) is 5.16 Å². The second-order valence-corrected chi connectivity index (χ2v) is 9.29. The number of rotatable bonds is 6. The maximum atomic E-state index is 13.7. The molecule has 1 aromatic heterocycles. The highest BCUT2D eigenvalue weighted by atomic mass is 32.2. The Morgan fingerprint density at radius 3 is 2.46 bits per heavy atom. The van der Waals surface area contributed by atoms with Gasteiger partial charge in [0.1, 0.15) is 0 Å².